The van der Waals surface area contributed by atoms with Crippen LogP contribution in [0.25, 0.3) is 0 Å². The summed E-state index contributed by atoms with van der Waals surface area (Å²) in [5.41, 5.74) is 6.18. The molecule has 0 atom stereocenters. The summed E-state index contributed by atoms with van der Waals surface area (Å²) in [6.07, 6.45) is 0. The minimum absolute atomic E-state index is 0.822. The highest BCUT2D eigenvalue weighted by Gasteiger charge is 1.76. The van der Waals surface area contributed by atoms with E-state index < -0.39 is 8.60 Å². The highest BCUT2D eigenvalue weighted by atomic mass is 31.2. The van der Waals surface area contributed by atoms with Gasteiger partial charge in [0.15, 0.2) is 0 Å². The van der Waals surface area contributed by atoms with Crippen LogP contribution in [0, 0.1) is 0 Å². The molecule has 0 aliphatic heterocycles. The van der Waals surface area contributed by atoms with Gasteiger partial charge >= 0.3 is 8.60 Å². The van der Waals surface area contributed by atoms with Crippen molar-refractivity contribution in [3.63, 3.8) is 0 Å². The van der Waals surface area contributed by atoms with Crippen molar-refractivity contribution >= 4 is 14.3 Å². The number of nitrogen functional groups attached to an aromatic ring is 1. The highest BCUT2D eigenvalue weighted by molar-refractivity contribution is 7.38. The third-order valence-corrected chi connectivity index (χ3v) is 0.800. The van der Waals surface area contributed by atoms with E-state index in [9.17, 15) is 0 Å². The zero-order valence-electron chi connectivity index (χ0n) is 5.75. The molecular weight excluding hydrogens is 165 g/mol. The summed E-state index contributed by atoms with van der Waals surface area (Å²) in [4.78, 5) is 21.7. The summed E-state index contributed by atoms with van der Waals surface area (Å²) < 4.78 is 0. The van der Waals surface area contributed by atoms with E-state index >= 15 is 0 Å². The lowest BCUT2D eigenvalue weighted by Gasteiger charge is -1.83. The van der Waals surface area contributed by atoms with Gasteiger partial charge in [0.05, 0.1) is 0 Å². The summed E-state index contributed by atoms with van der Waals surface area (Å²) in [5, 5.41) is 0. The molecule has 5 heteroatoms. The molecule has 0 heterocycles. The lowest BCUT2D eigenvalue weighted by Crippen LogP contribution is -1.79. The molecule has 0 saturated carbocycles. The Balaban J connectivity index is 0.000000218. The number of para-hydroxylation sites is 1. The van der Waals surface area contributed by atoms with Gasteiger partial charge in [0.1, 0.15) is 0 Å². The zero-order chi connectivity index (χ0) is 8.69. The summed E-state index contributed by atoms with van der Waals surface area (Å²) in [6, 6.07) is 9.49. The topological polar surface area (TPSA) is 86.7 Å². The second-order valence-electron chi connectivity index (χ2n) is 1.68. The molecule has 11 heavy (non-hydrogen) atoms. The van der Waals surface area contributed by atoms with Crippen LogP contribution >= 0.6 is 8.60 Å². The molecule has 0 radical (unpaired) electrons. The van der Waals surface area contributed by atoms with E-state index in [2.05, 4.69) is 0 Å². The molecule has 0 aliphatic rings. The quantitative estimate of drug-likeness (QED) is 0.340. The maximum absolute atomic E-state index is 7.23. The molecule has 0 spiro atoms. The minimum Gasteiger partial charge on any atom is -0.399 e. The van der Waals surface area contributed by atoms with E-state index in [1.165, 1.54) is 0 Å². The van der Waals surface area contributed by atoms with Crippen LogP contribution in [-0.2, 0) is 0 Å². The smallest absolute Gasteiger partial charge is 0.324 e. The number of benzene rings is 1. The fourth-order valence-corrected chi connectivity index (χ4v) is 0.453. The lowest BCUT2D eigenvalue weighted by molar-refractivity contribution is 0.368. The van der Waals surface area contributed by atoms with Gasteiger partial charge in [0.2, 0.25) is 0 Å². The lowest BCUT2D eigenvalue weighted by atomic mass is 10.3. The van der Waals surface area contributed by atoms with Crippen molar-refractivity contribution in [2.75, 3.05) is 5.73 Å². The first-order valence-electron chi connectivity index (χ1n) is 2.80. The molecule has 0 aromatic heterocycles. The summed E-state index contributed by atoms with van der Waals surface area (Å²) in [6.45, 7) is 0. The molecule has 1 aromatic carbocycles. The molecule has 0 amide bonds. The fraction of sp³-hybridized carbons (Fsp3) is 0. The molecule has 0 aliphatic carbocycles. The maximum Gasteiger partial charge on any atom is 0.324 e. The number of rotatable bonds is 0. The molecular formula is C6H10NO3P. The minimum atomic E-state index is -2.62. The SMILES string of the molecule is Nc1ccccc1.OP(O)O. The average molecular weight is 175 g/mol. The molecule has 0 saturated heterocycles. The number of hydrogen-bond acceptors (Lipinski definition) is 4. The summed E-state index contributed by atoms with van der Waals surface area (Å²) in [5.74, 6) is 0. The van der Waals surface area contributed by atoms with E-state index in [0.717, 1.165) is 5.69 Å². The first-order valence-corrected chi connectivity index (χ1v) is 4.00. The van der Waals surface area contributed by atoms with Gasteiger partial charge in [-0.2, -0.15) is 0 Å². The van der Waals surface area contributed by atoms with Crippen molar-refractivity contribution in [2.45, 2.75) is 0 Å². The maximum atomic E-state index is 7.23. The fourth-order valence-electron chi connectivity index (χ4n) is 0.453. The van der Waals surface area contributed by atoms with Gasteiger partial charge in [0, 0.05) is 5.69 Å². The second-order valence-corrected chi connectivity index (χ2v) is 2.22. The Hall–Kier alpha value is -0.670. The van der Waals surface area contributed by atoms with Crippen LogP contribution in [0.5, 0.6) is 0 Å². The van der Waals surface area contributed by atoms with Crippen molar-refractivity contribution < 1.29 is 14.7 Å². The van der Waals surface area contributed by atoms with Crippen LogP contribution in [0.2, 0.25) is 0 Å². The molecule has 1 rings (SSSR count). The molecule has 5 N–H and O–H groups in total. The van der Waals surface area contributed by atoms with Crippen LogP contribution in [0.3, 0.4) is 0 Å². The van der Waals surface area contributed by atoms with Crippen LogP contribution in [-0.4, -0.2) is 14.7 Å². The van der Waals surface area contributed by atoms with Crippen molar-refractivity contribution in [1.29, 1.82) is 0 Å². The average Bonchev–Trinajstić information content (AvgIpc) is 1.87. The molecule has 1 aromatic rings. The Morgan fingerprint density at radius 3 is 1.55 bits per heavy atom. The molecule has 62 valence electrons. The van der Waals surface area contributed by atoms with E-state index in [4.69, 9.17) is 20.4 Å². The van der Waals surface area contributed by atoms with E-state index in [0.29, 0.717) is 0 Å². The van der Waals surface area contributed by atoms with Crippen molar-refractivity contribution in [1.82, 2.24) is 0 Å². The van der Waals surface area contributed by atoms with E-state index in [1.807, 2.05) is 30.3 Å². The van der Waals surface area contributed by atoms with Crippen LogP contribution in [0.4, 0.5) is 5.69 Å². The van der Waals surface area contributed by atoms with Crippen molar-refractivity contribution in [3.8, 4) is 0 Å². The van der Waals surface area contributed by atoms with Gasteiger partial charge in [-0.25, -0.2) is 0 Å². The third-order valence-electron chi connectivity index (χ3n) is 0.800. The van der Waals surface area contributed by atoms with Crippen molar-refractivity contribution in [3.05, 3.63) is 30.3 Å². The van der Waals surface area contributed by atoms with Gasteiger partial charge in [-0.15, -0.1) is 0 Å². The predicted octanol–water partition coefficient (Wildman–Crippen LogP) is 0.459. The van der Waals surface area contributed by atoms with Gasteiger partial charge in [-0.05, 0) is 12.1 Å². The van der Waals surface area contributed by atoms with Crippen LogP contribution in [0.1, 0.15) is 0 Å². The summed E-state index contributed by atoms with van der Waals surface area (Å²) >= 11 is 0. The Morgan fingerprint density at radius 1 is 1.00 bits per heavy atom. The Bertz CT molecular complexity index is 178. The van der Waals surface area contributed by atoms with Crippen LogP contribution < -0.4 is 5.73 Å². The molecule has 0 bridgehead atoms. The number of nitrogens with two attached hydrogens (primary N) is 1. The highest BCUT2D eigenvalue weighted by Crippen LogP contribution is 2.11. The predicted molar refractivity (Wildman–Crippen MR) is 44.4 cm³/mol. The summed E-state index contributed by atoms with van der Waals surface area (Å²) in [7, 11) is -2.62. The number of anilines is 1. The van der Waals surface area contributed by atoms with Crippen molar-refractivity contribution in [2.24, 2.45) is 0 Å². The van der Waals surface area contributed by atoms with Gasteiger partial charge < -0.3 is 20.4 Å². The van der Waals surface area contributed by atoms with Gasteiger partial charge in [-0.1, -0.05) is 18.2 Å². The molecule has 0 fully saturated rings. The monoisotopic (exact) mass is 175 g/mol. The first-order chi connectivity index (χ1) is 5.13. The van der Waals surface area contributed by atoms with Gasteiger partial charge in [-0.3, -0.25) is 0 Å². The standard InChI is InChI=1S/C6H7N.H3O3P/c7-6-4-2-1-3-5-6;1-4(2)3/h1-5H,7H2;1-3H. The Morgan fingerprint density at radius 2 is 1.36 bits per heavy atom. The Kier molecular flexibility index (Phi) is 5.70. The normalized spacial score (nSPS) is 8.73. The third kappa shape index (κ3) is 9.33. The molecule has 4 nitrogen and oxygen atoms in total. The second kappa shape index (κ2) is 6.07. The van der Waals surface area contributed by atoms with Crippen LogP contribution in [0.15, 0.2) is 30.3 Å². The van der Waals surface area contributed by atoms with Gasteiger partial charge in [0.25, 0.3) is 0 Å². The van der Waals surface area contributed by atoms with E-state index in [1.54, 1.807) is 0 Å². The molecule has 0 unspecified atom stereocenters. The largest absolute Gasteiger partial charge is 0.399 e. The zero-order valence-corrected chi connectivity index (χ0v) is 6.65. The van der Waals surface area contributed by atoms with E-state index in [-0.39, 0.29) is 0 Å². The number of hydrogen-bond donors (Lipinski definition) is 4. The first kappa shape index (κ1) is 10.3. The Labute approximate surface area is 65.9 Å².